The fourth-order valence-corrected chi connectivity index (χ4v) is 3.23. The molecule has 6 nitrogen and oxygen atoms in total. The summed E-state index contributed by atoms with van der Waals surface area (Å²) < 4.78 is 0. The Kier molecular flexibility index (Phi) is 5.18. The lowest BCUT2D eigenvalue weighted by atomic mass is 9.93. The van der Waals surface area contributed by atoms with Crippen LogP contribution >= 0.6 is 11.3 Å². The smallest absolute Gasteiger partial charge is 0.308 e. The van der Waals surface area contributed by atoms with Crippen LogP contribution in [0.1, 0.15) is 36.4 Å². The van der Waals surface area contributed by atoms with Gasteiger partial charge >= 0.3 is 5.97 Å². The standard InChI is InChI=1S/C15H20N2O4S/c1-9-5-6-11(15(20)21)8-17(9)14(19)10(2)16-13(18)12-4-3-7-22-12/h3-4,7,9-11H,5-6,8H2,1-2H3,(H,16,18)(H,20,21). The number of carbonyl (C=O) groups is 3. The number of nitrogens with one attached hydrogen (secondary N) is 1. The van der Waals surface area contributed by atoms with Gasteiger partial charge in [0.1, 0.15) is 6.04 Å². The van der Waals surface area contributed by atoms with Crippen LogP contribution in [-0.2, 0) is 9.59 Å². The van der Waals surface area contributed by atoms with Crippen molar-refractivity contribution in [1.29, 1.82) is 0 Å². The van der Waals surface area contributed by atoms with Gasteiger partial charge in [0.15, 0.2) is 0 Å². The molecule has 0 aliphatic carbocycles. The van der Waals surface area contributed by atoms with Gasteiger partial charge in [0.25, 0.3) is 5.91 Å². The molecule has 3 atom stereocenters. The lowest BCUT2D eigenvalue weighted by Crippen LogP contribution is -2.54. The van der Waals surface area contributed by atoms with Gasteiger partial charge in [-0.2, -0.15) is 0 Å². The van der Waals surface area contributed by atoms with Crippen molar-refractivity contribution in [3.63, 3.8) is 0 Å². The number of thiophene rings is 1. The highest BCUT2D eigenvalue weighted by Gasteiger charge is 2.34. The number of carbonyl (C=O) groups excluding carboxylic acids is 2. The van der Waals surface area contributed by atoms with E-state index in [1.165, 1.54) is 11.3 Å². The second kappa shape index (κ2) is 6.91. The second-order valence-electron chi connectivity index (χ2n) is 5.62. The first-order valence-corrected chi connectivity index (χ1v) is 8.15. The summed E-state index contributed by atoms with van der Waals surface area (Å²) in [7, 11) is 0. The maximum Gasteiger partial charge on any atom is 0.308 e. The molecule has 2 heterocycles. The minimum Gasteiger partial charge on any atom is -0.481 e. The number of likely N-dealkylation sites (tertiary alicyclic amines) is 1. The van der Waals surface area contributed by atoms with E-state index in [4.69, 9.17) is 5.11 Å². The largest absolute Gasteiger partial charge is 0.481 e. The fraction of sp³-hybridized carbons (Fsp3) is 0.533. The number of hydrogen-bond donors (Lipinski definition) is 2. The third-order valence-electron chi connectivity index (χ3n) is 3.98. The number of piperidine rings is 1. The Morgan fingerprint density at radius 2 is 2.14 bits per heavy atom. The minimum atomic E-state index is -0.875. The second-order valence-corrected chi connectivity index (χ2v) is 6.57. The Hall–Kier alpha value is -1.89. The lowest BCUT2D eigenvalue weighted by molar-refractivity contribution is -0.147. The van der Waals surface area contributed by atoms with Gasteiger partial charge in [-0.25, -0.2) is 0 Å². The van der Waals surface area contributed by atoms with Crippen LogP contribution in [0.3, 0.4) is 0 Å². The van der Waals surface area contributed by atoms with Crippen molar-refractivity contribution >= 4 is 29.1 Å². The van der Waals surface area contributed by atoms with Gasteiger partial charge in [-0.3, -0.25) is 14.4 Å². The molecule has 2 N–H and O–H groups in total. The molecule has 1 aliphatic rings. The van der Waals surface area contributed by atoms with Gasteiger partial charge in [0.2, 0.25) is 5.91 Å². The van der Waals surface area contributed by atoms with Gasteiger partial charge < -0.3 is 15.3 Å². The molecule has 0 bridgehead atoms. The molecule has 0 radical (unpaired) electrons. The Bertz CT molecular complexity index is 558. The Morgan fingerprint density at radius 1 is 1.41 bits per heavy atom. The van der Waals surface area contributed by atoms with Crippen molar-refractivity contribution in [2.24, 2.45) is 5.92 Å². The van der Waals surface area contributed by atoms with Crippen LogP contribution in [0.25, 0.3) is 0 Å². The summed E-state index contributed by atoms with van der Waals surface area (Å²) in [5.74, 6) is -1.92. The topological polar surface area (TPSA) is 86.7 Å². The molecule has 0 saturated carbocycles. The van der Waals surface area contributed by atoms with Crippen LogP contribution in [0.4, 0.5) is 0 Å². The lowest BCUT2D eigenvalue weighted by Gasteiger charge is -2.38. The molecule has 1 aliphatic heterocycles. The zero-order valence-electron chi connectivity index (χ0n) is 12.6. The summed E-state index contributed by atoms with van der Waals surface area (Å²) >= 11 is 1.31. The third kappa shape index (κ3) is 3.65. The average molecular weight is 324 g/mol. The van der Waals surface area contributed by atoms with Gasteiger partial charge in [-0.15, -0.1) is 11.3 Å². The summed E-state index contributed by atoms with van der Waals surface area (Å²) in [6, 6.07) is 2.78. The first-order chi connectivity index (χ1) is 10.4. The maximum absolute atomic E-state index is 12.5. The number of hydrogen-bond acceptors (Lipinski definition) is 4. The molecule has 2 amide bonds. The van der Waals surface area contributed by atoms with E-state index in [-0.39, 0.29) is 24.4 Å². The molecule has 1 fully saturated rings. The van der Waals surface area contributed by atoms with Crippen molar-refractivity contribution in [1.82, 2.24) is 10.2 Å². The minimum absolute atomic E-state index is 0.0100. The quantitative estimate of drug-likeness (QED) is 0.880. The predicted octanol–water partition coefficient (Wildman–Crippen LogP) is 1.58. The monoisotopic (exact) mass is 324 g/mol. The number of carboxylic acid groups (broad SMARTS) is 1. The molecule has 7 heteroatoms. The molecular formula is C15H20N2O4S. The van der Waals surface area contributed by atoms with Gasteiger partial charge in [0, 0.05) is 12.6 Å². The number of rotatable bonds is 4. The van der Waals surface area contributed by atoms with E-state index < -0.39 is 17.9 Å². The zero-order chi connectivity index (χ0) is 16.3. The zero-order valence-corrected chi connectivity index (χ0v) is 13.4. The van der Waals surface area contributed by atoms with Crippen LogP contribution in [0.5, 0.6) is 0 Å². The van der Waals surface area contributed by atoms with E-state index in [0.29, 0.717) is 17.7 Å². The van der Waals surface area contributed by atoms with E-state index in [0.717, 1.165) is 0 Å². The van der Waals surface area contributed by atoms with Crippen LogP contribution < -0.4 is 5.32 Å². The van der Waals surface area contributed by atoms with Crippen molar-refractivity contribution in [2.75, 3.05) is 6.54 Å². The molecule has 0 spiro atoms. The molecule has 120 valence electrons. The number of amides is 2. The van der Waals surface area contributed by atoms with Gasteiger partial charge in [-0.05, 0) is 38.1 Å². The number of carboxylic acids is 1. The summed E-state index contributed by atoms with van der Waals surface area (Å²) in [5.41, 5.74) is 0. The first kappa shape index (κ1) is 16.5. The van der Waals surface area contributed by atoms with Crippen LogP contribution in [-0.4, -0.2) is 46.4 Å². The highest BCUT2D eigenvalue weighted by molar-refractivity contribution is 7.12. The molecule has 1 aromatic heterocycles. The third-order valence-corrected chi connectivity index (χ3v) is 4.85. The van der Waals surface area contributed by atoms with E-state index in [1.807, 2.05) is 6.92 Å². The molecule has 0 aromatic carbocycles. The molecule has 1 aromatic rings. The Balaban J connectivity index is 1.99. The fourth-order valence-electron chi connectivity index (χ4n) is 2.60. The molecule has 1 saturated heterocycles. The van der Waals surface area contributed by atoms with Crippen molar-refractivity contribution in [3.8, 4) is 0 Å². The maximum atomic E-state index is 12.5. The van der Waals surface area contributed by atoms with Gasteiger partial charge in [-0.1, -0.05) is 6.07 Å². The van der Waals surface area contributed by atoms with Crippen LogP contribution in [0.15, 0.2) is 17.5 Å². The van der Waals surface area contributed by atoms with E-state index in [2.05, 4.69) is 5.32 Å². The average Bonchev–Trinajstić information content (AvgIpc) is 3.01. The van der Waals surface area contributed by atoms with Crippen molar-refractivity contribution in [3.05, 3.63) is 22.4 Å². The molecule has 3 unspecified atom stereocenters. The first-order valence-electron chi connectivity index (χ1n) is 7.27. The van der Waals surface area contributed by atoms with Gasteiger partial charge in [0.05, 0.1) is 10.8 Å². The van der Waals surface area contributed by atoms with Crippen molar-refractivity contribution in [2.45, 2.75) is 38.8 Å². The molecular weight excluding hydrogens is 304 g/mol. The number of aliphatic carboxylic acids is 1. The summed E-state index contributed by atoms with van der Waals surface area (Å²) in [6.07, 6.45) is 1.24. The number of nitrogens with zero attached hydrogens (tertiary/aromatic N) is 1. The van der Waals surface area contributed by atoms with Crippen LogP contribution in [0.2, 0.25) is 0 Å². The van der Waals surface area contributed by atoms with E-state index >= 15 is 0 Å². The summed E-state index contributed by atoms with van der Waals surface area (Å²) in [4.78, 5) is 37.7. The Labute approximate surface area is 133 Å². The SMILES string of the molecule is CC(NC(=O)c1cccs1)C(=O)N1CC(C(=O)O)CCC1C. The Morgan fingerprint density at radius 3 is 2.73 bits per heavy atom. The molecule has 2 rings (SSSR count). The highest BCUT2D eigenvalue weighted by Crippen LogP contribution is 2.23. The molecule has 22 heavy (non-hydrogen) atoms. The van der Waals surface area contributed by atoms with E-state index in [1.54, 1.807) is 29.3 Å². The normalized spacial score (nSPS) is 22.9. The summed E-state index contributed by atoms with van der Waals surface area (Å²) in [6.45, 7) is 3.74. The van der Waals surface area contributed by atoms with Crippen LogP contribution in [0, 0.1) is 5.92 Å². The predicted molar refractivity (Wildman–Crippen MR) is 82.8 cm³/mol. The highest BCUT2D eigenvalue weighted by atomic mass is 32.1. The summed E-state index contributed by atoms with van der Waals surface area (Å²) in [5, 5.41) is 13.6. The van der Waals surface area contributed by atoms with E-state index in [9.17, 15) is 14.4 Å². The van der Waals surface area contributed by atoms with Crippen molar-refractivity contribution < 1.29 is 19.5 Å².